The second kappa shape index (κ2) is 5.31. The van der Waals surface area contributed by atoms with Crippen LogP contribution in [0.5, 0.6) is 0 Å². The van der Waals surface area contributed by atoms with Crippen LogP contribution in [0.3, 0.4) is 0 Å². The van der Waals surface area contributed by atoms with Gasteiger partial charge >= 0.3 is 0 Å². The zero-order valence-corrected chi connectivity index (χ0v) is 9.53. The van der Waals surface area contributed by atoms with E-state index in [0.717, 1.165) is 0 Å². The Morgan fingerprint density at radius 2 is 2.24 bits per heavy atom. The van der Waals surface area contributed by atoms with Crippen molar-refractivity contribution >= 4 is 28.9 Å². The predicted molar refractivity (Wildman–Crippen MR) is 65.1 cm³/mol. The fourth-order valence-electron chi connectivity index (χ4n) is 1.18. The SMILES string of the molecule is C=C(Cl)CNc1cc(C(N)=O)ccc1[N+](=O)[O-]. The number of halogens is 1. The monoisotopic (exact) mass is 255 g/mol. The normalized spacial score (nSPS) is 9.71. The summed E-state index contributed by atoms with van der Waals surface area (Å²) in [6, 6.07) is 3.81. The second-order valence-corrected chi connectivity index (χ2v) is 3.76. The van der Waals surface area contributed by atoms with E-state index < -0.39 is 10.8 Å². The summed E-state index contributed by atoms with van der Waals surface area (Å²) in [4.78, 5) is 21.1. The lowest BCUT2D eigenvalue weighted by Crippen LogP contribution is -2.12. The molecule has 90 valence electrons. The van der Waals surface area contributed by atoms with Crippen molar-refractivity contribution in [2.45, 2.75) is 0 Å². The smallest absolute Gasteiger partial charge is 0.292 e. The van der Waals surface area contributed by atoms with E-state index in [1.165, 1.54) is 18.2 Å². The zero-order valence-electron chi connectivity index (χ0n) is 8.77. The maximum absolute atomic E-state index is 11.0. The number of carbonyl (C=O) groups is 1. The molecule has 0 heterocycles. The molecule has 17 heavy (non-hydrogen) atoms. The van der Waals surface area contributed by atoms with Gasteiger partial charge in [0.05, 0.1) is 11.5 Å². The molecule has 0 saturated carbocycles. The van der Waals surface area contributed by atoms with Crippen molar-refractivity contribution in [3.8, 4) is 0 Å². The number of amides is 1. The van der Waals surface area contributed by atoms with Crippen molar-refractivity contribution in [3.05, 3.63) is 45.5 Å². The Morgan fingerprint density at radius 1 is 1.59 bits per heavy atom. The lowest BCUT2D eigenvalue weighted by Gasteiger charge is -2.07. The van der Waals surface area contributed by atoms with Gasteiger partial charge in [-0.25, -0.2) is 0 Å². The Bertz CT molecular complexity index is 488. The molecule has 7 heteroatoms. The molecular formula is C10H10ClN3O3. The van der Waals surface area contributed by atoms with Crippen molar-refractivity contribution in [3.63, 3.8) is 0 Å². The molecule has 1 aromatic carbocycles. The average Bonchev–Trinajstić information content (AvgIpc) is 2.25. The lowest BCUT2D eigenvalue weighted by atomic mass is 10.1. The van der Waals surface area contributed by atoms with Gasteiger partial charge in [-0.05, 0) is 12.1 Å². The molecule has 1 amide bonds. The standard InChI is InChI=1S/C10H10ClN3O3/c1-6(11)5-13-8-4-7(10(12)15)2-3-9(8)14(16)17/h2-4,13H,1,5H2,(H2,12,15). The Labute approximate surface area is 102 Å². The molecular weight excluding hydrogens is 246 g/mol. The van der Waals surface area contributed by atoms with E-state index in [2.05, 4.69) is 11.9 Å². The van der Waals surface area contributed by atoms with E-state index in [1.807, 2.05) is 0 Å². The molecule has 0 spiro atoms. The molecule has 1 rings (SSSR count). The van der Waals surface area contributed by atoms with Gasteiger partial charge in [-0.2, -0.15) is 0 Å². The third kappa shape index (κ3) is 3.46. The summed E-state index contributed by atoms with van der Waals surface area (Å²) in [6.07, 6.45) is 0. The van der Waals surface area contributed by atoms with E-state index in [9.17, 15) is 14.9 Å². The maximum Gasteiger partial charge on any atom is 0.292 e. The fraction of sp³-hybridized carbons (Fsp3) is 0.100. The minimum absolute atomic E-state index is 0.157. The van der Waals surface area contributed by atoms with E-state index in [1.54, 1.807) is 0 Å². The highest BCUT2D eigenvalue weighted by Crippen LogP contribution is 2.25. The van der Waals surface area contributed by atoms with Gasteiger partial charge in [0.1, 0.15) is 5.69 Å². The van der Waals surface area contributed by atoms with Gasteiger partial charge in [0.15, 0.2) is 0 Å². The van der Waals surface area contributed by atoms with Crippen LogP contribution in [0.1, 0.15) is 10.4 Å². The minimum Gasteiger partial charge on any atom is -0.375 e. The number of hydrogen-bond donors (Lipinski definition) is 2. The summed E-state index contributed by atoms with van der Waals surface area (Å²) in [5.41, 5.74) is 5.28. The summed E-state index contributed by atoms with van der Waals surface area (Å²) in [5, 5.41) is 13.7. The molecule has 0 aliphatic heterocycles. The average molecular weight is 256 g/mol. The topological polar surface area (TPSA) is 98.3 Å². The summed E-state index contributed by atoms with van der Waals surface area (Å²) in [6.45, 7) is 3.60. The first-order chi connectivity index (χ1) is 7.91. The van der Waals surface area contributed by atoms with Crippen LogP contribution in [0.4, 0.5) is 11.4 Å². The number of rotatable bonds is 5. The predicted octanol–water partition coefficient (Wildman–Crippen LogP) is 1.86. The highest BCUT2D eigenvalue weighted by Gasteiger charge is 2.15. The first-order valence-electron chi connectivity index (χ1n) is 4.57. The Morgan fingerprint density at radius 3 is 2.71 bits per heavy atom. The first-order valence-corrected chi connectivity index (χ1v) is 4.95. The van der Waals surface area contributed by atoms with Crippen LogP contribution in [-0.4, -0.2) is 17.4 Å². The van der Waals surface area contributed by atoms with Gasteiger partial charge in [-0.3, -0.25) is 14.9 Å². The number of hydrogen-bond acceptors (Lipinski definition) is 4. The number of nitrogens with one attached hydrogen (secondary N) is 1. The molecule has 1 aromatic rings. The number of nitrogens with zero attached hydrogens (tertiary/aromatic N) is 1. The van der Waals surface area contributed by atoms with Crippen LogP contribution in [0.2, 0.25) is 0 Å². The third-order valence-electron chi connectivity index (χ3n) is 1.95. The molecule has 0 radical (unpaired) electrons. The van der Waals surface area contributed by atoms with Crippen molar-refractivity contribution in [1.29, 1.82) is 0 Å². The van der Waals surface area contributed by atoms with Gasteiger partial charge in [-0.15, -0.1) is 0 Å². The maximum atomic E-state index is 11.0. The van der Waals surface area contributed by atoms with Crippen LogP contribution in [0, 0.1) is 10.1 Å². The highest BCUT2D eigenvalue weighted by atomic mass is 35.5. The van der Waals surface area contributed by atoms with Gasteiger partial charge in [0.2, 0.25) is 5.91 Å². The molecule has 0 atom stereocenters. The molecule has 0 fully saturated rings. The molecule has 0 saturated heterocycles. The molecule has 0 aromatic heterocycles. The van der Waals surface area contributed by atoms with Crippen LogP contribution in [0.25, 0.3) is 0 Å². The molecule has 6 nitrogen and oxygen atoms in total. The Kier molecular flexibility index (Phi) is 4.06. The lowest BCUT2D eigenvalue weighted by molar-refractivity contribution is -0.384. The number of nitrogens with two attached hydrogens (primary N) is 1. The molecule has 3 N–H and O–H groups in total. The molecule has 0 bridgehead atoms. The number of benzene rings is 1. The van der Waals surface area contributed by atoms with Gasteiger partial charge in [0, 0.05) is 16.7 Å². The largest absolute Gasteiger partial charge is 0.375 e. The molecule has 0 aliphatic rings. The van der Waals surface area contributed by atoms with Crippen molar-refractivity contribution < 1.29 is 9.72 Å². The third-order valence-corrected chi connectivity index (χ3v) is 2.08. The number of nitro groups is 1. The second-order valence-electron chi connectivity index (χ2n) is 3.22. The highest BCUT2D eigenvalue weighted by molar-refractivity contribution is 6.29. The van der Waals surface area contributed by atoms with E-state index >= 15 is 0 Å². The number of primary amides is 1. The van der Waals surface area contributed by atoms with E-state index in [-0.39, 0.29) is 23.5 Å². The van der Waals surface area contributed by atoms with Crippen LogP contribution in [-0.2, 0) is 0 Å². The summed E-state index contributed by atoms with van der Waals surface area (Å²) in [7, 11) is 0. The number of nitro benzene ring substituents is 1. The number of carbonyl (C=O) groups excluding carboxylic acids is 1. The Balaban J connectivity index is 3.11. The van der Waals surface area contributed by atoms with Crippen LogP contribution >= 0.6 is 11.6 Å². The first kappa shape index (κ1) is 13.0. The fourth-order valence-corrected chi connectivity index (χ4v) is 1.25. The summed E-state index contributed by atoms with van der Waals surface area (Å²) in [5.74, 6) is -0.660. The van der Waals surface area contributed by atoms with Crippen molar-refractivity contribution in [1.82, 2.24) is 0 Å². The molecule has 0 unspecified atom stereocenters. The van der Waals surface area contributed by atoms with Crippen LogP contribution < -0.4 is 11.1 Å². The van der Waals surface area contributed by atoms with Gasteiger partial charge in [-0.1, -0.05) is 18.2 Å². The number of anilines is 1. The van der Waals surface area contributed by atoms with Crippen LogP contribution in [0.15, 0.2) is 29.8 Å². The minimum atomic E-state index is -0.660. The van der Waals surface area contributed by atoms with Crippen molar-refractivity contribution in [2.75, 3.05) is 11.9 Å². The van der Waals surface area contributed by atoms with E-state index in [4.69, 9.17) is 17.3 Å². The quantitative estimate of drug-likeness (QED) is 0.620. The van der Waals surface area contributed by atoms with Gasteiger partial charge < -0.3 is 11.1 Å². The van der Waals surface area contributed by atoms with Gasteiger partial charge in [0.25, 0.3) is 5.69 Å². The zero-order chi connectivity index (χ0) is 13.0. The van der Waals surface area contributed by atoms with E-state index in [0.29, 0.717) is 5.03 Å². The van der Waals surface area contributed by atoms with Crippen molar-refractivity contribution in [2.24, 2.45) is 5.73 Å². The summed E-state index contributed by atoms with van der Waals surface area (Å²) >= 11 is 5.54. The Hall–Kier alpha value is -2.08. The molecule has 0 aliphatic carbocycles. The summed E-state index contributed by atoms with van der Waals surface area (Å²) < 4.78 is 0.